The van der Waals surface area contributed by atoms with Crippen molar-refractivity contribution in [2.45, 2.75) is 31.8 Å². The molecule has 0 aliphatic rings. The van der Waals surface area contributed by atoms with Gasteiger partial charge in [0.25, 0.3) is 0 Å². The van der Waals surface area contributed by atoms with Gasteiger partial charge in [-0.1, -0.05) is 24.3 Å². The zero-order chi connectivity index (χ0) is 21.0. The van der Waals surface area contributed by atoms with Crippen molar-refractivity contribution >= 4 is 26.8 Å². The molecule has 154 valence electrons. The Morgan fingerprint density at radius 2 is 1.93 bits per heavy atom. The van der Waals surface area contributed by atoms with Crippen molar-refractivity contribution in [1.29, 1.82) is 0 Å². The Morgan fingerprint density at radius 3 is 2.59 bits per heavy atom. The van der Waals surface area contributed by atoms with E-state index < -0.39 is 9.84 Å². The smallest absolute Gasteiger partial charge is 0.191 e. The normalized spacial score (nSPS) is 12.3. The fourth-order valence-electron chi connectivity index (χ4n) is 3.25. The second kappa shape index (κ2) is 8.65. The Hall–Kier alpha value is -2.87. The van der Waals surface area contributed by atoms with Gasteiger partial charge >= 0.3 is 0 Å². The van der Waals surface area contributed by atoms with E-state index in [1.165, 1.54) is 6.26 Å². The van der Waals surface area contributed by atoms with Gasteiger partial charge < -0.3 is 15.2 Å². The van der Waals surface area contributed by atoms with Crippen LogP contribution in [0.2, 0.25) is 0 Å². The van der Waals surface area contributed by atoms with Gasteiger partial charge in [0.15, 0.2) is 15.8 Å². The van der Waals surface area contributed by atoms with Gasteiger partial charge in [-0.05, 0) is 43.2 Å². The van der Waals surface area contributed by atoms with Crippen LogP contribution < -0.4 is 10.6 Å². The highest BCUT2D eigenvalue weighted by Crippen LogP contribution is 2.17. The van der Waals surface area contributed by atoms with Crippen LogP contribution in [0.15, 0.2) is 52.4 Å². The second-order valence-electron chi connectivity index (χ2n) is 7.00. The van der Waals surface area contributed by atoms with Crippen molar-refractivity contribution in [3.63, 3.8) is 0 Å². The highest BCUT2D eigenvalue weighted by molar-refractivity contribution is 7.90. The van der Waals surface area contributed by atoms with E-state index in [4.69, 9.17) is 0 Å². The first-order chi connectivity index (χ1) is 13.8. The lowest BCUT2D eigenvalue weighted by Gasteiger charge is -2.12. The SMILES string of the molecule is CCNC(=NCc1ccc(S(C)(=O)=O)c(C)c1)NCc1nc2ccccc2n1C. The Morgan fingerprint density at radius 1 is 1.17 bits per heavy atom. The van der Waals surface area contributed by atoms with Crippen molar-refractivity contribution in [1.82, 2.24) is 20.2 Å². The van der Waals surface area contributed by atoms with Crippen LogP contribution in [0.1, 0.15) is 23.9 Å². The number of guanidine groups is 1. The zero-order valence-corrected chi connectivity index (χ0v) is 18.0. The van der Waals surface area contributed by atoms with Crippen molar-refractivity contribution in [2.75, 3.05) is 12.8 Å². The molecule has 29 heavy (non-hydrogen) atoms. The molecule has 0 bridgehead atoms. The maximum Gasteiger partial charge on any atom is 0.191 e. The summed E-state index contributed by atoms with van der Waals surface area (Å²) in [5.41, 5.74) is 3.75. The summed E-state index contributed by atoms with van der Waals surface area (Å²) in [5, 5.41) is 6.55. The summed E-state index contributed by atoms with van der Waals surface area (Å²) in [7, 11) is -1.21. The Balaban J connectivity index is 1.73. The van der Waals surface area contributed by atoms with Gasteiger partial charge in [0, 0.05) is 19.8 Å². The van der Waals surface area contributed by atoms with Crippen molar-refractivity contribution < 1.29 is 8.42 Å². The largest absolute Gasteiger partial charge is 0.357 e. The maximum absolute atomic E-state index is 11.8. The number of sulfone groups is 1. The molecule has 0 saturated carbocycles. The Bertz CT molecular complexity index is 1150. The van der Waals surface area contributed by atoms with Crippen LogP contribution in [0, 0.1) is 6.92 Å². The molecular formula is C21H27N5O2S. The fourth-order valence-corrected chi connectivity index (χ4v) is 4.21. The lowest BCUT2D eigenvalue weighted by atomic mass is 10.1. The lowest BCUT2D eigenvalue weighted by Crippen LogP contribution is -2.37. The number of hydrogen-bond acceptors (Lipinski definition) is 4. The van der Waals surface area contributed by atoms with E-state index >= 15 is 0 Å². The van der Waals surface area contributed by atoms with E-state index in [9.17, 15) is 8.42 Å². The first kappa shape index (κ1) is 20.9. The molecule has 0 spiro atoms. The Kier molecular flexibility index (Phi) is 6.22. The predicted octanol–water partition coefficient (Wildman–Crippen LogP) is 2.54. The molecule has 8 heteroatoms. The maximum atomic E-state index is 11.8. The van der Waals surface area contributed by atoms with E-state index in [1.54, 1.807) is 13.0 Å². The molecule has 3 rings (SSSR count). The Labute approximate surface area is 171 Å². The molecule has 0 saturated heterocycles. The topological polar surface area (TPSA) is 88.4 Å². The van der Waals surface area contributed by atoms with Gasteiger partial charge in [0.05, 0.1) is 29.0 Å². The van der Waals surface area contributed by atoms with Gasteiger partial charge in [-0.3, -0.25) is 0 Å². The highest BCUT2D eigenvalue weighted by Gasteiger charge is 2.11. The number of nitrogens with one attached hydrogen (secondary N) is 2. The number of benzene rings is 2. The number of aliphatic imine (C=N–C) groups is 1. The fraction of sp³-hybridized carbons (Fsp3) is 0.333. The summed E-state index contributed by atoms with van der Waals surface area (Å²) in [6.07, 6.45) is 1.22. The molecule has 2 N–H and O–H groups in total. The number of nitrogens with zero attached hydrogens (tertiary/aromatic N) is 3. The van der Waals surface area contributed by atoms with Crippen molar-refractivity contribution in [3.05, 3.63) is 59.4 Å². The molecule has 2 aromatic carbocycles. The molecular weight excluding hydrogens is 386 g/mol. The minimum atomic E-state index is -3.21. The van der Waals surface area contributed by atoms with Crippen LogP contribution in [0.5, 0.6) is 0 Å². The molecule has 0 aliphatic carbocycles. The van der Waals surface area contributed by atoms with Crippen LogP contribution in [0.4, 0.5) is 0 Å². The third-order valence-electron chi connectivity index (χ3n) is 4.70. The van der Waals surface area contributed by atoms with E-state index in [0.29, 0.717) is 23.9 Å². The molecule has 0 amide bonds. The van der Waals surface area contributed by atoms with Gasteiger partial charge in [-0.15, -0.1) is 0 Å². The molecule has 0 fully saturated rings. The third kappa shape index (κ3) is 4.95. The molecule has 7 nitrogen and oxygen atoms in total. The second-order valence-corrected chi connectivity index (χ2v) is 8.98. The number of aryl methyl sites for hydroxylation is 2. The van der Waals surface area contributed by atoms with Gasteiger partial charge in [0.1, 0.15) is 5.82 Å². The first-order valence-electron chi connectivity index (χ1n) is 9.51. The van der Waals surface area contributed by atoms with Gasteiger partial charge in [-0.25, -0.2) is 18.4 Å². The number of para-hydroxylation sites is 2. The predicted molar refractivity (Wildman–Crippen MR) is 117 cm³/mol. The van der Waals surface area contributed by atoms with E-state index in [2.05, 4.69) is 25.2 Å². The number of fused-ring (bicyclic) bond motifs is 1. The van der Waals surface area contributed by atoms with Crippen LogP contribution in [-0.4, -0.2) is 36.7 Å². The molecule has 0 atom stereocenters. The van der Waals surface area contributed by atoms with Gasteiger partial charge in [0.2, 0.25) is 0 Å². The summed E-state index contributed by atoms with van der Waals surface area (Å²) in [6, 6.07) is 13.4. The monoisotopic (exact) mass is 413 g/mol. The lowest BCUT2D eigenvalue weighted by molar-refractivity contribution is 0.601. The van der Waals surface area contributed by atoms with Crippen LogP contribution in [0.3, 0.4) is 0 Å². The minimum Gasteiger partial charge on any atom is -0.357 e. The minimum absolute atomic E-state index is 0.358. The molecule has 0 radical (unpaired) electrons. The summed E-state index contributed by atoms with van der Waals surface area (Å²) in [6.45, 7) is 5.54. The number of aromatic nitrogens is 2. The summed E-state index contributed by atoms with van der Waals surface area (Å²) in [4.78, 5) is 9.65. The third-order valence-corrected chi connectivity index (χ3v) is 5.95. The van der Waals surface area contributed by atoms with E-state index in [0.717, 1.165) is 34.5 Å². The highest BCUT2D eigenvalue weighted by atomic mass is 32.2. The number of hydrogen-bond donors (Lipinski definition) is 2. The summed E-state index contributed by atoms with van der Waals surface area (Å²) >= 11 is 0. The summed E-state index contributed by atoms with van der Waals surface area (Å²) < 4.78 is 25.6. The molecule has 0 aliphatic heterocycles. The molecule has 1 aromatic heterocycles. The number of imidazole rings is 1. The van der Waals surface area contributed by atoms with E-state index in [-0.39, 0.29) is 0 Å². The average Bonchev–Trinajstić information content (AvgIpc) is 2.99. The van der Waals surface area contributed by atoms with Crippen LogP contribution in [-0.2, 0) is 30.0 Å². The molecule has 3 aromatic rings. The van der Waals surface area contributed by atoms with Crippen molar-refractivity contribution in [3.8, 4) is 0 Å². The van der Waals surface area contributed by atoms with Crippen molar-refractivity contribution in [2.24, 2.45) is 12.0 Å². The zero-order valence-electron chi connectivity index (χ0n) is 17.2. The molecule has 0 unspecified atom stereocenters. The van der Waals surface area contributed by atoms with Crippen LogP contribution >= 0.6 is 0 Å². The molecule has 1 heterocycles. The average molecular weight is 414 g/mol. The quantitative estimate of drug-likeness (QED) is 0.479. The van der Waals surface area contributed by atoms with Crippen LogP contribution in [0.25, 0.3) is 11.0 Å². The van der Waals surface area contributed by atoms with Gasteiger partial charge in [-0.2, -0.15) is 0 Å². The standard InChI is InChI=1S/C21H27N5O2S/c1-5-22-21(23-13-16-10-11-19(15(2)12-16)29(4,27)28)24-14-20-25-17-8-6-7-9-18(17)26(20)3/h6-12H,5,13-14H2,1-4H3,(H2,22,23,24). The number of rotatable bonds is 6. The van der Waals surface area contributed by atoms with E-state index in [1.807, 2.05) is 50.4 Å². The first-order valence-corrected chi connectivity index (χ1v) is 11.4. The summed E-state index contributed by atoms with van der Waals surface area (Å²) in [5.74, 6) is 1.61.